The van der Waals surface area contributed by atoms with Gasteiger partial charge >= 0.3 is 0 Å². The molecule has 0 unspecified atom stereocenters. The molecule has 2 atom stereocenters. The molecule has 0 bridgehead atoms. The van der Waals surface area contributed by atoms with E-state index < -0.39 is 0 Å². The number of carbonyl (C=O) groups is 1. The number of benzene rings is 1. The van der Waals surface area contributed by atoms with Crippen molar-refractivity contribution in [3.63, 3.8) is 0 Å². The fraction of sp³-hybridized carbons (Fsp3) is 0.400. The van der Waals surface area contributed by atoms with Crippen LogP contribution in [0.25, 0.3) is 0 Å². The van der Waals surface area contributed by atoms with Crippen molar-refractivity contribution in [1.82, 2.24) is 10.2 Å². The van der Waals surface area contributed by atoms with Crippen LogP contribution in [0.15, 0.2) is 30.3 Å². The van der Waals surface area contributed by atoms with Crippen LogP contribution in [0, 0.1) is 17.8 Å². The van der Waals surface area contributed by atoms with Crippen LogP contribution in [0.2, 0.25) is 0 Å². The summed E-state index contributed by atoms with van der Waals surface area (Å²) in [5.74, 6) is 6.30. The normalized spacial score (nSPS) is 25.4. The zero-order chi connectivity index (χ0) is 12.4. The molecule has 1 N–H and O–H groups in total. The van der Waals surface area contributed by atoms with Gasteiger partial charge in [0.15, 0.2) is 0 Å². The summed E-state index contributed by atoms with van der Waals surface area (Å²) in [5.41, 5.74) is 0.895. The number of nitrogens with one attached hydrogen (secondary N) is 1. The number of hydrogen-bond donors (Lipinski definition) is 1. The molecule has 0 aromatic heterocycles. The second-order valence-corrected chi connectivity index (χ2v) is 4.89. The van der Waals surface area contributed by atoms with Crippen LogP contribution < -0.4 is 5.32 Å². The van der Waals surface area contributed by atoms with Crippen LogP contribution in [0.1, 0.15) is 12.0 Å². The maximum atomic E-state index is 12.1. The summed E-state index contributed by atoms with van der Waals surface area (Å²) in [4.78, 5) is 14.0. The van der Waals surface area contributed by atoms with Crippen LogP contribution in [0.5, 0.6) is 0 Å². The van der Waals surface area contributed by atoms with Gasteiger partial charge in [-0.1, -0.05) is 24.1 Å². The van der Waals surface area contributed by atoms with Crippen molar-refractivity contribution < 1.29 is 4.79 Å². The molecule has 3 rings (SSSR count). The molecule has 2 heterocycles. The predicted molar refractivity (Wildman–Crippen MR) is 69.8 cm³/mol. The molecule has 2 aliphatic rings. The van der Waals surface area contributed by atoms with Gasteiger partial charge in [-0.25, -0.2) is 0 Å². The summed E-state index contributed by atoms with van der Waals surface area (Å²) in [6.45, 7) is 2.82. The van der Waals surface area contributed by atoms with E-state index in [2.05, 4.69) is 17.2 Å². The van der Waals surface area contributed by atoms with Crippen LogP contribution in [-0.2, 0) is 4.79 Å². The second-order valence-electron chi connectivity index (χ2n) is 4.89. The first-order chi connectivity index (χ1) is 8.84. The molecule has 2 aliphatic heterocycles. The number of amides is 1. The Bertz CT molecular complexity index is 500. The van der Waals surface area contributed by atoms with E-state index in [-0.39, 0.29) is 5.91 Å². The minimum atomic E-state index is -0.0324. The molecule has 18 heavy (non-hydrogen) atoms. The molecule has 0 saturated carbocycles. The number of carbonyl (C=O) groups excluding carboxylic acids is 1. The number of fused-ring (bicyclic) bond motifs is 1. The highest BCUT2D eigenvalue weighted by molar-refractivity contribution is 5.94. The zero-order valence-corrected chi connectivity index (χ0v) is 10.2. The van der Waals surface area contributed by atoms with Gasteiger partial charge in [0.2, 0.25) is 0 Å². The molecule has 1 amide bonds. The molecule has 1 aromatic carbocycles. The monoisotopic (exact) mass is 240 g/mol. The van der Waals surface area contributed by atoms with Gasteiger partial charge in [-0.2, -0.15) is 0 Å². The lowest BCUT2D eigenvalue weighted by atomic mass is 10.1. The van der Waals surface area contributed by atoms with Crippen molar-refractivity contribution >= 4 is 5.91 Å². The fourth-order valence-electron chi connectivity index (χ4n) is 2.82. The summed E-state index contributed by atoms with van der Waals surface area (Å²) in [6, 6.07) is 10.0. The molecule has 1 aromatic rings. The van der Waals surface area contributed by atoms with Gasteiger partial charge in [0.25, 0.3) is 5.91 Å². The first-order valence-corrected chi connectivity index (χ1v) is 6.43. The Morgan fingerprint density at radius 3 is 2.94 bits per heavy atom. The summed E-state index contributed by atoms with van der Waals surface area (Å²) in [6.07, 6.45) is 1.11. The van der Waals surface area contributed by atoms with E-state index in [1.165, 1.54) is 0 Å². The molecular weight excluding hydrogens is 224 g/mol. The lowest BCUT2D eigenvalue weighted by Crippen LogP contribution is -2.38. The van der Waals surface area contributed by atoms with Gasteiger partial charge in [-0.05, 0) is 24.5 Å². The molecule has 0 aliphatic carbocycles. The van der Waals surface area contributed by atoms with Gasteiger partial charge in [-0.15, -0.1) is 0 Å². The maximum absolute atomic E-state index is 12.1. The number of rotatable bonds is 0. The molecule has 2 fully saturated rings. The van der Waals surface area contributed by atoms with Crippen molar-refractivity contribution in [2.45, 2.75) is 12.5 Å². The van der Waals surface area contributed by atoms with Crippen molar-refractivity contribution in [3.8, 4) is 11.8 Å². The number of nitrogens with zero attached hydrogens (tertiary/aromatic N) is 1. The smallest absolute Gasteiger partial charge is 0.299 e. The van der Waals surface area contributed by atoms with Gasteiger partial charge < -0.3 is 10.2 Å². The van der Waals surface area contributed by atoms with E-state index in [9.17, 15) is 4.79 Å². The van der Waals surface area contributed by atoms with E-state index in [1.54, 1.807) is 0 Å². The summed E-state index contributed by atoms with van der Waals surface area (Å²) >= 11 is 0. The standard InChI is InChI=1S/C15H16N2O/c18-15(7-6-12-4-2-1-3-5-12)17-9-8-13-10-16-11-14(13)17/h1-5,13-14,16H,8-11H2/t13-,14+/m0/s1. The second kappa shape index (κ2) is 4.83. The van der Waals surface area contributed by atoms with Crippen LogP contribution in [-0.4, -0.2) is 36.5 Å². The average molecular weight is 240 g/mol. The van der Waals surface area contributed by atoms with Crippen LogP contribution in [0.3, 0.4) is 0 Å². The van der Waals surface area contributed by atoms with E-state index in [0.717, 1.165) is 31.6 Å². The maximum Gasteiger partial charge on any atom is 0.299 e. The van der Waals surface area contributed by atoms with Gasteiger partial charge in [0, 0.05) is 37.2 Å². The van der Waals surface area contributed by atoms with Gasteiger partial charge in [-0.3, -0.25) is 4.79 Å². The molecule has 3 nitrogen and oxygen atoms in total. The highest BCUT2D eigenvalue weighted by Crippen LogP contribution is 2.26. The number of likely N-dealkylation sites (tertiary alicyclic amines) is 1. The van der Waals surface area contributed by atoms with Crippen molar-refractivity contribution in [3.05, 3.63) is 35.9 Å². The summed E-state index contributed by atoms with van der Waals surface area (Å²) in [5, 5.41) is 3.34. The molecule has 92 valence electrons. The highest BCUT2D eigenvalue weighted by atomic mass is 16.2. The Balaban J connectivity index is 1.71. The lowest BCUT2D eigenvalue weighted by Gasteiger charge is -2.20. The number of hydrogen-bond acceptors (Lipinski definition) is 2. The van der Waals surface area contributed by atoms with Crippen LogP contribution >= 0.6 is 0 Å². The zero-order valence-electron chi connectivity index (χ0n) is 10.2. The van der Waals surface area contributed by atoms with E-state index in [1.807, 2.05) is 35.2 Å². The Labute approximate surface area is 107 Å². The highest BCUT2D eigenvalue weighted by Gasteiger charge is 2.39. The van der Waals surface area contributed by atoms with E-state index in [0.29, 0.717) is 12.0 Å². The molecule has 0 spiro atoms. The average Bonchev–Trinajstić information content (AvgIpc) is 2.99. The Morgan fingerprint density at radius 2 is 2.11 bits per heavy atom. The predicted octanol–water partition coefficient (Wildman–Crippen LogP) is 0.858. The van der Waals surface area contributed by atoms with E-state index in [4.69, 9.17) is 0 Å². The third-order valence-corrected chi connectivity index (χ3v) is 3.79. The van der Waals surface area contributed by atoms with Gasteiger partial charge in [0.05, 0.1) is 0 Å². The topological polar surface area (TPSA) is 32.3 Å². The fourth-order valence-corrected chi connectivity index (χ4v) is 2.82. The quantitative estimate of drug-likeness (QED) is 0.682. The Morgan fingerprint density at radius 1 is 1.28 bits per heavy atom. The third kappa shape index (κ3) is 2.12. The van der Waals surface area contributed by atoms with Gasteiger partial charge in [0.1, 0.15) is 0 Å². The van der Waals surface area contributed by atoms with Crippen molar-refractivity contribution in [1.29, 1.82) is 0 Å². The molecular formula is C15H16N2O. The molecule has 3 heteroatoms. The molecule has 2 saturated heterocycles. The lowest BCUT2D eigenvalue weighted by molar-refractivity contribution is -0.125. The van der Waals surface area contributed by atoms with Crippen LogP contribution in [0.4, 0.5) is 0 Å². The summed E-state index contributed by atoms with van der Waals surface area (Å²) in [7, 11) is 0. The van der Waals surface area contributed by atoms with Crippen molar-refractivity contribution in [2.75, 3.05) is 19.6 Å². The third-order valence-electron chi connectivity index (χ3n) is 3.79. The minimum Gasteiger partial charge on any atom is -0.327 e. The first kappa shape index (κ1) is 11.3. The van der Waals surface area contributed by atoms with E-state index >= 15 is 0 Å². The minimum absolute atomic E-state index is 0.0324. The summed E-state index contributed by atoms with van der Waals surface area (Å²) < 4.78 is 0. The van der Waals surface area contributed by atoms with Crippen molar-refractivity contribution in [2.24, 2.45) is 5.92 Å². The Hall–Kier alpha value is -1.79. The largest absolute Gasteiger partial charge is 0.327 e. The SMILES string of the molecule is O=C(C#Cc1ccccc1)N1CC[C@H]2CNC[C@H]21. The first-order valence-electron chi connectivity index (χ1n) is 6.43. The Kier molecular flexibility index (Phi) is 3.04. The molecule has 0 radical (unpaired) electrons.